The molecule has 0 aliphatic heterocycles. The lowest BCUT2D eigenvalue weighted by Crippen LogP contribution is -1.97. The summed E-state index contributed by atoms with van der Waals surface area (Å²) in [7, 11) is 0. The second kappa shape index (κ2) is 10.6. The van der Waals surface area contributed by atoms with Gasteiger partial charge in [0.2, 0.25) is 0 Å². The summed E-state index contributed by atoms with van der Waals surface area (Å²) < 4.78 is 4.94. The van der Waals surface area contributed by atoms with E-state index in [1.54, 1.807) is 0 Å². The van der Waals surface area contributed by atoms with E-state index in [0.717, 1.165) is 5.69 Å². The Kier molecular flexibility index (Phi) is 5.91. The van der Waals surface area contributed by atoms with Crippen molar-refractivity contribution in [3.05, 3.63) is 182 Å². The van der Waals surface area contributed by atoms with E-state index in [-0.39, 0.29) is 0 Å². The maximum atomic E-state index is 2.48. The molecule has 0 amide bonds. The molecular weight excluding hydrogens is 581 g/mol. The van der Waals surface area contributed by atoms with Crippen molar-refractivity contribution in [1.29, 1.82) is 0 Å². The molecule has 0 N–H and O–H groups in total. The van der Waals surface area contributed by atoms with Gasteiger partial charge in [-0.1, -0.05) is 133 Å². The van der Waals surface area contributed by atoms with Gasteiger partial charge in [0.15, 0.2) is 0 Å². The SMILES string of the molecule is c1ccc(-c2cc(-c3ccccc3)cc(-n3c4ccccc4c4c3ccc3c5ccccc5n(-c5ccc6ccccc6c5)c34)c2)cc1. The van der Waals surface area contributed by atoms with Crippen molar-refractivity contribution in [3.8, 4) is 33.6 Å². The predicted octanol–water partition coefficient (Wildman–Crippen LogP) is 12.4. The number of hydrogen-bond acceptors (Lipinski definition) is 0. The molecule has 0 spiro atoms. The third-order valence-corrected chi connectivity index (χ3v) is 9.85. The maximum Gasteiger partial charge on any atom is 0.0641 e. The maximum absolute atomic E-state index is 2.48. The monoisotopic (exact) mass is 610 g/mol. The summed E-state index contributed by atoms with van der Waals surface area (Å²) in [6, 6.07) is 66.3. The fourth-order valence-electron chi connectivity index (χ4n) is 7.71. The molecule has 2 aromatic heterocycles. The Labute approximate surface area is 278 Å². The molecule has 2 nitrogen and oxygen atoms in total. The topological polar surface area (TPSA) is 9.86 Å². The quantitative estimate of drug-likeness (QED) is 0.188. The van der Waals surface area contributed by atoms with Crippen LogP contribution in [-0.4, -0.2) is 9.13 Å². The molecule has 0 bridgehead atoms. The molecular formula is C46H30N2. The van der Waals surface area contributed by atoms with Crippen LogP contribution in [0.5, 0.6) is 0 Å². The molecule has 0 atom stereocenters. The van der Waals surface area contributed by atoms with Gasteiger partial charge in [0, 0.05) is 32.9 Å². The second-order valence-corrected chi connectivity index (χ2v) is 12.6. The molecule has 0 aliphatic rings. The number of para-hydroxylation sites is 2. The van der Waals surface area contributed by atoms with Crippen LogP contribution in [-0.2, 0) is 0 Å². The summed E-state index contributed by atoms with van der Waals surface area (Å²) in [5, 5.41) is 7.51. The first-order valence-corrected chi connectivity index (χ1v) is 16.5. The number of aromatic nitrogens is 2. The van der Waals surface area contributed by atoms with E-state index in [4.69, 9.17) is 0 Å². The summed E-state index contributed by atoms with van der Waals surface area (Å²) in [5.41, 5.74) is 12.0. The Bertz CT molecular complexity index is 2760. The molecule has 48 heavy (non-hydrogen) atoms. The molecule has 10 aromatic rings. The van der Waals surface area contributed by atoms with Gasteiger partial charge in [-0.15, -0.1) is 0 Å². The summed E-state index contributed by atoms with van der Waals surface area (Å²) in [6.07, 6.45) is 0. The number of rotatable bonds is 4. The number of hydrogen-bond donors (Lipinski definition) is 0. The second-order valence-electron chi connectivity index (χ2n) is 12.6. The van der Waals surface area contributed by atoms with E-state index in [9.17, 15) is 0 Å². The highest BCUT2D eigenvalue weighted by molar-refractivity contribution is 6.26. The van der Waals surface area contributed by atoms with Gasteiger partial charge in [0.1, 0.15) is 0 Å². The standard InChI is InChI=1S/C46H30N2/c1-3-13-31(14-4-1)35-27-36(32-15-5-2-6-16-32)30-38(29-35)47-43-22-12-10-20-41(43)45-44(47)26-25-40-39-19-9-11-21-42(39)48(46(40)45)37-24-23-33-17-7-8-18-34(33)28-37/h1-30H. The van der Waals surface area contributed by atoms with Gasteiger partial charge in [-0.05, 0) is 81.6 Å². The van der Waals surface area contributed by atoms with Crippen LogP contribution >= 0.6 is 0 Å². The van der Waals surface area contributed by atoms with E-state index in [2.05, 4.69) is 191 Å². The highest BCUT2D eigenvalue weighted by Crippen LogP contribution is 2.43. The lowest BCUT2D eigenvalue weighted by Gasteiger charge is -2.14. The first-order chi connectivity index (χ1) is 23.8. The van der Waals surface area contributed by atoms with Crippen LogP contribution < -0.4 is 0 Å². The van der Waals surface area contributed by atoms with Crippen molar-refractivity contribution in [1.82, 2.24) is 9.13 Å². The summed E-state index contributed by atoms with van der Waals surface area (Å²) in [4.78, 5) is 0. The molecule has 0 unspecified atom stereocenters. The van der Waals surface area contributed by atoms with E-state index in [0.29, 0.717) is 0 Å². The minimum atomic E-state index is 1.15. The highest BCUT2D eigenvalue weighted by atomic mass is 15.0. The van der Waals surface area contributed by atoms with Crippen molar-refractivity contribution < 1.29 is 0 Å². The average molecular weight is 611 g/mol. The fraction of sp³-hybridized carbons (Fsp3) is 0. The zero-order valence-electron chi connectivity index (χ0n) is 26.2. The lowest BCUT2D eigenvalue weighted by atomic mass is 9.98. The Morgan fingerprint density at radius 3 is 1.58 bits per heavy atom. The highest BCUT2D eigenvalue weighted by Gasteiger charge is 2.21. The molecule has 224 valence electrons. The minimum absolute atomic E-state index is 1.15. The van der Waals surface area contributed by atoms with Crippen LogP contribution in [0, 0.1) is 0 Å². The van der Waals surface area contributed by atoms with Gasteiger partial charge in [-0.3, -0.25) is 0 Å². The normalized spacial score (nSPS) is 11.8. The molecule has 8 aromatic carbocycles. The van der Waals surface area contributed by atoms with Crippen molar-refractivity contribution >= 4 is 54.4 Å². The average Bonchev–Trinajstić information content (AvgIpc) is 3.68. The zero-order valence-corrected chi connectivity index (χ0v) is 26.2. The summed E-state index contributed by atoms with van der Waals surface area (Å²) in [5.74, 6) is 0. The van der Waals surface area contributed by atoms with Crippen molar-refractivity contribution in [2.24, 2.45) is 0 Å². The van der Waals surface area contributed by atoms with Gasteiger partial charge in [-0.2, -0.15) is 0 Å². The molecule has 0 radical (unpaired) electrons. The zero-order chi connectivity index (χ0) is 31.6. The largest absolute Gasteiger partial charge is 0.309 e. The Morgan fingerprint density at radius 2 is 0.875 bits per heavy atom. The first-order valence-electron chi connectivity index (χ1n) is 16.5. The van der Waals surface area contributed by atoms with Crippen LogP contribution in [0.25, 0.3) is 88.0 Å². The van der Waals surface area contributed by atoms with Crippen molar-refractivity contribution in [2.75, 3.05) is 0 Å². The predicted molar refractivity (Wildman–Crippen MR) is 203 cm³/mol. The van der Waals surface area contributed by atoms with Crippen LogP contribution in [0.1, 0.15) is 0 Å². The van der Waals surface area contributed by atoms with E-state index >= 15 is 0 Å². The minimum Gasteiger partial charge on any atom is -0.309 e. The number of fused-ring (bicyclic) bond motifs is 8. The molecule has 2 heteroatoms. The smallest absolute Gasteiger partial charge is 0.0641 e. The van der Waals surface area contributed by atoms with Crippen molar-refractivity contribution in [3.63, 3.8) is 0 Å². The number of benzene rings is 8. The van der Waals surface area contributed by atoms with Crippen LogP contribution in [0.4, 0.5) is 0 Å². The lowest BCUT2D eigenvalue weighted by molar-refractivity contribution is 1.18. The van der Waals surface area contributed by atoms with Gasteiger partial charge >= 0.3 is 0 Å². The summed E-state index contributed by atoms with van der Waals surface area (Å²) >= 11 is 0. The van der Waals surface area contributed by atoms with Gasteiger partial charge < -0.3 is 9.13 Å². The van der Waals surface area contributed by atoms with E-state index in [1.807, 2.05) is 0 Å². The van der Waals surface area contributed by atoms with Gasteiger partial charge in [0.25, 0.3) is 0 Å². The van der Waals surface area contributed by atoms with Crippen LogP contribution in [0.2, 0.25) is 0 Å². The first kappa shape index (κ1) is 26.8. The Balaban J connectivity index is 1.34. The van der Waals surface area contributed by atoms with Gasteiger partial charge in [0.05, 0.1) is 22.1 Å². The van der Waals surface area contributed by atoms with Crippen LogP contribution in [0.15, 0.2) is 182 Å². The van der Waals surface area contributed by atoms with Crippen molar-refractivity contribution in [2.45, 2.75) is 0 Å². The third kappa shape index (κ3) is 4.06. The van der Waals surface area contributed by atoms with E-state index in [1.165, 1.54) is 82.3 Å². The van der Waals surface area contributed by atoms with Gasteiger partial charge in [-0.25, -0.2) is 0 Å². The molecule has 0 saturated heterocycles. The van der Waals surface area contributed by atoms with Crippen LogP contribution in [0.3, 0.4) is 0 Å². The summed E-state index contributed by atoms with van der Waals surface area (Å²) in [6.45, 7) is 0. The molecule has 0 saturated carbocycles. The molecule has 2 heterocycles. The Hall–Kier alpha value is -6.38. The number of nitrogens with zero attached hydrogens (tertiary/aromatic N) is 2. The molecule has 10 rings (SSSR count). The third-order valence-electron chi connectivity index (χ3n) is 9.85. The fourth-order valence-corrected chi connectivity index (χ4v) is 7.71. The van der Waals surface area contributed by atoms with E-state index < -0.39 is 0 Å². The Morgan fingerprint density at radius 1 is 0.292 bits per heavy atom. The molecule has 0 fully saturated rings. The molecule has 0 aliphatic carbocycles.